The van der Waals surface area contributed by atoms with Gasteiger partial charge in [-0.25, -0.2) is 0 Å². The average Bonchev–Trinajstić information content (AvgIpc) is 2.17. The lowest BCUT2D eigenvalue weighted by Gasteiger charge is -2.14. The Balaban J connectivity index is 2.84. The molecule has 0 aliphatic heterocycles. The third-order valence-corrected chi connectivity index (χ3v) is 1.83. The first-order chi connectivity index (χ1) is 6.93. The smallest absolute Gasteiger partial charge is 0.416 e. The molecule has 0 radical (unpaired) electrons. The van der Waals surface area contributed by atoms with Crippen LogP contribution in [0.3, 0.4) is 0 Å². The van der Waals surface area contributed by atoms with E-state index in [9.17, 15) is 13.2 Å². The van der Waals surface area contributed by atoms with Crippen molar-refractivity contribution in [1.29, 1.82) is 0 Å². The minimum absolute atomic E-state index is 0.183. The predicted molar refractivity (Wildman–Crippen MR) is 50.6 cm³/mol. The molecule has 0 aromatic heterocycles. The van der Waals surface area contributed by atoms with Crippen molar-refractivity contribution in [1.82, 2.24) is 0 Å². The zero-order chi connectivity index (χ0) is 11.5. The molecule has 0 fully saturated rings. The van der Waals surface area contributed by atoms with Gasteiger partial charge in [-0.05, 0) is 25.1 Å². The molecule has 2 N–H and O–H groups in total. The number of ether oxygens (including phenoxy) is 1. The van der Waals surface area contributed by atoms with E-state index in [2.05, 4.69) is 0 Å². The molecule has 1 aromatic rings. The van der Waals surface area contributed by atoms with E-state index in [1.807, 2.05) is 0 Å². The molecule has 2 nitrogen and oxygen atoms in total. The van der Waals surface area contributed by atoms with E-state index >= 15 is 0 Å². The molecule has 5 heteroatoms. The summed E-state index contributed by atoms with van der Waals surface area (Å²) in [5.41, 5.74) is 4.58. The topological polar surface area (TPSA) is 35.2 Å². The molecule has 0 spiro atoms. The number of hydrogen-bond donors (Lipinski definition) is 1. The lowest BCUT2D eigenvalue weighted by molar-refractivity contribution is -0.137. The van der Waals surface area contributed by atoms with E-state index in [1.54, 1.807) is 6.92 Å². The Morgan fingerprint density at radius 3 is 2.60 bits per heavy atom. The fourth-order valence-corrected chi connectivity index (χ4v) is 1.03. The minimum atomic E-state index is -4.34. The Kier molecular flexibility index (Phi) is 3.57. The van der Waals surface area contributed by atoms with Crippen LogP contribution in [0.15, 0.2) is 24.3 Å². The summed E-state index contributed by atoms with van der Waals surface area (Å²) in [5, 5.41) is 0. The molecule has 0 saturated carbocycles. The van der Waals surface area contributed by atoms with Gasteiger partial charge in [0.2, 0.25) is 0 Å². The van der Waals surface area contributed by atoms with E-state index in [0.29, 0.717) is 0 Å². The van der Waals surface area contributed by atoms with Crippen molar-refractivity contribution in [2.75, 3.05) is 6.54 Å². The van der Waals surface area contributed by atoms with E-state index in [4.69, 9.17) is 10.5 Å². The zero-order valence-corrected chi connectivity index (χ0v) is 8.21. The number of halogens is 3. The van der Waals surface area contributed by atoms with Gasteiger partial charge in [-0.15, -0.1) is 0 Å². The molecule has 1 rings (SSSR count). The van der Waals surface area contributed by atoms with Crippen molar-refractivity contribution >= 4 is 0 Å². The van der Waals surface area contributed by atoms with Crippen LogP contribution in [-0.4, -0.2) is 12.6 Å². The predicted octanol–water partition coefficient (Wildman–Crippen LogP) is 2.43. The summed E-state index contributed by atoms with van der Waals surface area (Å²) in [6.07, 6.45) is -4.64. The molecular formula is C10H12F3NO. The lowest BCUT2D eigenvalue weighted by Crippen LogP contribution is -2.22. The van der Waals surface area contributed by atoms with Crippen LogP contribution < -0.4 is 10.5 Å². The molecule has 1 aromatic carbocycles. The largest absolute Gasteiger partial charge is 0.489 e. The van der Waals surface area contributed by atoms with Gasteiger partial charge < -0.3 is 10.5 Å². The van der Waals surface area contributed by atoms with E-state index in [-0.39, 0.29) is 18.4 Å². The molecule has 84 valence electrons. The van der Waals surface area contributed by atoms with Crippen LogP contribution in [0.5, 0.6) is 5.75 Å². The first kappa shape index (κ1) is 11.8. The molecule has 1 unspecified atom stereocenters. The molecule has 0 heterocycles. The van der Waals surface area contributed by atoms with Crippen LogP contribution in [0.4, 0.5) is 13.2 Å². The molecular weight excluding hydrogens is 207 g/mol. The maximum atomic E-state index is 12.3. The van der Waals surface area contributed by atoms with Crippen LogP contribution in [0.25, 0.3) is 0 Å². The second-order valence-corrected chi connectivity index (χ2v) is 3.19. The highest BCUT2D eigenvalue weighted by atomic mass is 19.4. The molecule has 1 atom stereocenters. The number of nitrogens with two attached hydrogens (primary N) is 1. The maximum Gasteiger partial charge on any atom is 0.416 e. The van der Waals surface area contributed by atoms with E-state index in [0.717, 1.165) is 12.1 Å². The first-order valence-corrected chi connectivity index (χ1v) is 4.47. The quantitative estimate of drug-likeness (QED) is 0.847. The fourth-order valence-electron chi connectivity index (χ4n) is 1.03. The highest BCUT2D eigenvalue weighted by Gasteiger charge is 2.30. The van der Waals surface area contributed by atoms with Gasteiger partial charge in [0.15, 0.2) is 0 Å². The number of hydrogen-bond acceptors (Lipinski definition) is 2. The van der Waals surface area contributed by atoms with Crippen LogP contribution in [0.1, 0.15) is 12.5 Å². The third kappa shape index (κ3) is 3.43. The van der Waals surface area contributed by atoms with Gasteiger partial charge in [0, 0.05) is 6.54 Å². The van der Waals surface area contributed by atoms with Gasteiger partial charge in [0.25, 0.3) is 0 Å². The normalized spacial score (nSPS) is 13.7. The van der Waals surface area contributed by atoms with Crippen molar-refractivity contribution in [2.45, 2.75) is 19.2 Å². The summed E-state index contributed by atoms with van der Waals surface area (Å²) in [5.74, 6) is 0.183. The molecule has 0 aliphatic carbocycles. The van der Waals surface area contributed by atoms with Crippen LogP contribution in [-0.2, 0) is 6.18 Å². The molecule has 0 aliphatic rings. The van der Waals surface area contributed by atoms with Crippen molar-refractivity contribution in [3.8, 4) is 5.75 Å². The van der Waals surface area contributed by atoms with Crippen molar-refractivity contribution in [3.63, 3.8) is 0 Å². The Bertz CT molecular complexity index is 325. The van der Waals surface area contributed by atoms with Gasteiger partial charge in [-0.2, -0.15) is 13.2 Å². The lowest BCUT2D eigenvalue weighted by atomic mass is 10.2. The summed E-state index contributed by atoms with van der Waals surface area (Å²) in [4.78, 5) is 0. The maximum absolute atomic E-state index is 12.3. The van der Waals surface area contributed by atoms with Crippen molar-refractivity contribution < 1.29 is 17.9 Å². The highest BCUT2D eigenvalue weighted by molar-refractivity contribution is 5.30. The van der Waals surface area contributed by atoms with Crippen molar-refractivity contribution in [2.24, 2.45) is 5.73 Å². The van der Waals surface area contributed by atoms with Crippen molar-refractivity contribution in [3.05, 3.63) is 29.8 Å². The average molecular weight is 219 g/mol. The van der Waals surface area contributed by atoms with Gasteiger partial charge in [-0.1, -0.05) is 6.07 Å². The van der Waals surface area contributed by atoms with E-state index < -0.39 is 11.7 Å². The van der Waals surface area contributed by atoms with Crippen LogP contribution in [0, 0.1) is 0 Å². The third-order valence-electron chi connectivity index (χ3n) is 1.83. The van der Waals surface area contributed by atoms with Gasteiger partial charge in [0.05, 0.1) is 5.56 Å². The Morgan fingerprint density at radius 2 is 2.07 bits per heavy atom. The van der Waals surface area contributed by atoms with Gasteiger partial charge in [0.1, 0.15) is 11.9 Å². The monoisotopic (exact) mass is 219 g/mol. The minimum Gasteiger partial charge on any atom is -0.489 e. The standard InChI is InChI=1S/C10H12F3NO/c1-7(6-14)15-9-4-2-3-8(5-9)10(11,12)13/h2-5,7H,6,14H2,1H3. The van der Waals surface area contributed by atoms with E-state index in [1.165, 1.54) is 12.1 Å². The fraction of sp³-hybridized carbons (Fsp3) is 0.400. The molecule has 0 bridgehead atoms. The van der Waals surface area contributed by atoms with Crippen LogP contribution in [0.2, 0.25) is 0 Å². The summed E-state index contributed by atoms with van der Waals surface area (Å²) < 4.78 is 42.1. The highest BCUT2D eigenvalue weighted by Crippen LogP contribution is 2.31. The summed E-state index contributed by atoms with van der Waals surface area (Å²) in [7, 11) is 0. The van der Waals surface area contributed by atoms with Gasteiger partial charge >= 0.3 is 6.18 Å². The Hall–Kier alpha value is -1.23. The van der Waals surface area contributed by atoms with Gasteiger partial charge in [-0.3, -0.25) is 0 Å². The number of alkyl halides is 3. The first-order valence-electron chi connectivity index (χ1n) is 4.47. The van der Waals surface area contributed by atoms with Crippen LogP contribution >= 0.6 is 0 Å². The molecule has 15 heavy (non-hydrogen) atoms. The summed E-state index contributed by atoms with van der Waals surface area (Å²) in [6.45, 7) is 1.95. The molecule has 0 amide bonds. The zero-order valence-electron chi connectivity index (χ0n) is 8.21. The SMILES string of the molecule is CC(CN)Oc1cccc(C(F)(F)F)c1. The second kappa shape index (κ2) is 4.53. The Labute approximate surface area is 85.8 Å². The second-order valence-electron chi connectivity index (χ2n) is 3.19. The Morgan fingerprint density at radius 1 is 1.40 bits per heavy atom. The number of rotatable bonds is 3. The molecule has 0 saturated heterocycles. The summed E-state index contributed by atoms with van der Waals surface area (Å²) in [6, 6.07) is 4.74. The number of benzene rings is 1. The summed E-state index contributed by atoms with van der Waals surface area (Å²) >= 11 is 0.